The molecule has 0 saturated heterocycles. The van der Waals surface area contributed by atoms with Gasteiger partial charge in [0.15, 0.2) is 11.6 Å². The second-order valence-electron chi connectivity index (χ2n) is 6.08. The molecule has 7 heteroatoms. The van der Waals surface area contributed by atoms with Crippen LogP contribution in [-0.2, 0) is 0 Å². The lowest BCUT2D eigenvalue weighted by atomic mass is 10.2. The van der Waals surface area contributed by atoms with Gasteiger partial charge in [0.05, 0.1) is 11.4 Å². The van der Waals surface area contributed by atoms with Crippen LogP contribution in [0.1, 0.15) is 0 Å². The molecule has 5 aromatic heterocycles. The van der Waals surface area contributed by atoms with Gasteiger partial charge in [-0.05, 0) is 48.5 Å². The predicted molar refractivity (Wildman–Crippen MR) is 105 cm³/mol. The van der Waals surface area contributed by atoms with Gasteiger partial charge < -0.3 is 0 Å². The van der Waals surface area contributed by atoms with Crippen molar-refractivity contribution < 1.29 is 0 Å². The Morgan fingerprint density at radius 2 is 1.04 bits per heavy atom. The fourth-order valence-corrected chi connectivity index (χ4v) is 2.87. The Morgan fingerprint density at radius 1 is 0.500 bits per heavy atom. The Bertz CT molecular complexity index is 1120. The fraction of sp³-hybridized carbons (Fsp3) is 0. The van der Waals surface area contributed by atoms with Crippen LogP contribution < -0.4 is 0 Å². The van der Waals surface area contributed by atoms with Crippen molar-refractivity contribution in [2.45, 2.75) is 0 Å². The molecule has 5 rings (SSSR count). The first-order valence-electron chi connectivity index (χ1n) is 8.79. The Morgan fingerprint density at radius 3 is 1.50 bits per heavy atom. The highest BCUT2D eigenvalue weighted by atomic mass is 15.3. The van der Waals surface area contributed by atoms with E-state index in [4.69, 9.17) is 4.98 Å². The zero-order chi connectivity index (χ0) is 18.8. The van der Waals surface area contributed by atoms with Gasteiger partial charge in [0.2, 0.25) is 0 Å². The summed E-state index contributed by atoms with van der Waals surface area (Å²) in [7, 11) is 0. The molecule has 0 aromatic carbocycles. The first-order chi connectivity index (χ1) is 13.9. The Kier molecular flexibility index (Phi) is 3.95. The quantitative estimate of drug-likeness (QED) is 0.487. The Balaban J connectivity index is 1.46. The van der Waals surface area contributed by atoms with E-state index in [1.165, 1.54) is 0 Å². The van der Waals surface area contributed by atoms with Crippen LogP contribution in [0.2, 0.25) is 0 Å². The number of hydrogen-bond donors (Lipinski definition) is 0. The lowest BCUT2D eigenvalue weighted by Gasteiger charge is -2.02. The van der Waals surface area contributed by atoms with Crippen LogP contribution >= 0.6 is 0 Å². The summed E-state index contributed by atoms with van der Waals surface area (Å²) in [6.45, 7) is 0. The number of rotatable bonds is 4. The molecule has 0 radical (unpaired) electrons. The van der Waals surface area contributed by atoms with Crippen molar-refractivity contribution >= 4 is 0 Å². The van der Waals surface area contributed by atoms with Gasteiger partial charge >= 0.3 is 0 Å². The molecule has 5 heterocycles. The predicted octanol–water partition coefficient (Wildman–Crippen LogP) is 3.58. The normalized spacial score (nSPS) is 10.9. The van der Waals surface area contributed by atoms with E-state index in [9.17, 15) is 0 Å². The smallest absolute Gasteiger partial charge is 0.153 e. The van der Waals surface area contributed by atoms with E-state index in [0.717, 1.165) is 34.4 Å². The van der Waals surface area contributed by atoms with E-state index in [0.29, 0.717) is 0 Å². The van der Waals surface area contributed by atoms with Crippen LogP contribution in [-0.4, -0.2) is 34.5 Å². The first-order valence-corrected chi connectivity index (χ1v) is 8.79. The maximum atomic E-state index is 4.73. The lowest BCUT2D eigenvalue weighted by Crippen LogP contribution is -1.98. The van der Waals surface area contributed by atoms with Crippen molar-refractivity contribution in [2.75, 3.05) is 0 Å². The number of hydrogen-bond acceptors (Lipinski definition) is 5. The minimum atomic E-state index is 0.763. The second-order valence-corrected chi connectivity index (χ2v) is 6.08. The Hall–Kier alpha value is -4.13. The standard InChI is InChI=1S/C21H15N7/c1-3-12-22-20(8-1)27-14-10-18(25-27)16-6-5-7-17(24-16)19-11-15-28(26-19)21-9-2-4-13-23-21/h1-15H. The Labute approximate surface area is 161 Å². The molecule has 7 nitrogen and oxygen atoms in total. The molecule has 0 saturated carbocycles. The molecule has 0 aliphatic rings. The molecule has 0 spiro atoms. The fourth-order valence-electron chi connectivity index (χ4n) is 2.87. The molecule has 0 amide bonds. The summed E-state index contributed by atoms with van der Waals surface area (Å²) in [4.78, 5) is 13.4. The molecule has 0 aliphatic heterocycles. The third kappa shape index (κ3) is 3.05. The molecule has 28 heavy (non-hydrogen) atoms. The van der Waals surface area contributed by atoms with Crippen molar-refractivity contribution in [1.82, 2.24) is 34.5 Å². The lowest BCUT2D eigenvalue weighted by molar-refractivity contribution is 0.846. The van der Waals surface area contributed by atoms with Gasteiger partial charge in [-0.25, -0.2) is 24.3 Å². The van der Waals surface area contributed by atoms with Crippen LogP contribution in [0.4, 0.5) is 0 Å². The number of pyridine rings is 3. The van der Waals surface area contributed by atoms with Crippen LogP contribution in [0, 0.1) is 0 Å². The number of aromatic nitrogens is 7. The molecule has 0 N–H and O–H groups in total. The maximum absolute atomic E-state index is 4.73. The minimum absolute atomic E-state index is 0.763. The zero-order valence-electron chi connectivity index (χ0n) is 14.8. The van der Waals surface area contributed by atoms with Crippen molar-refractivity contribution in [3.63, 3.8) is 0 Å². The summed E-state index contributed by atoms with van der Waals surface area (Å²) in [5, 5.41) is 9.19. The molecule has 134 valence electrons. The largest absolute Gasteiger partial charge is 0.244 e. The van der Waals surface area contributed by atoms with Crippen LogP contribution in [0.5, 0.6) is 0 Å². The van der Waals surface area contributed by atoms with Crippen LogP contribution in [0.3, 0.4) is 0 Å². The third-order valence-electron chi connectivity index (χ3n) is 4.22. The van der Waals surface area contributed by atoms with Gasteiger partial charge in [0.25, 0.3) is 0 Å². The highest BCUT2D eigenvalue weighted by molar-refractivity contribution is 5.61. The average Bonchev–Trinajstić information content (AvgIpc) is 3.46. The molecule has 5 aromatic rings. The maximum Gasteiger partial charge on any atom is 0.153 e. The summed E-state index contributed by atoms with van der Waals surface area (Å²) >= 11 is 0. The van der Waals surface area contributed by atoms with Crippen molar-refractivity contribution in [3.8, 4) is 34.4 Å². The highest BCUT2D eigenvalue weighted by Gasteiger charge is 2.10. The van der Waals surface area contributed by atoms with E-state index >= 15 is 0 Å². The van der Waals surface area contributed by atoms with E-state index in [-0.39, 0.29) is 0 Å². The van der Waals surface area contributed by atoms with E-state index in [1.807, 2.05) is 79.1 Å². The van der Waals surface area contributed by atoms with Gasteiger partial charge in [-0.1, -0.05) is 18.2 Å². The van der Waals surface area contributed by atoms with Gasteiger partial charge in [0.1, 0.15) is 11.4 Å². The highest BCUT2D eigenvalue weighted by Crippen LogP contribution is 2.21. The monoisotopic (exact) mass is 365 g/mol. The average molecular weight is 365 g/mol. The topological polar surface area (TPSA) is 74.3 Å². The van der Waals surface area contributed by atoms with E-state index in [2.05, 4.69) is 20.2 Å². The SMILES string of the molecule is c1ccc(-n2ccc(-c3cccc(-c4ccn(-c5ccccn5)n4)n3)n2)nc1. The summed E-state index contributed by atoms with van der Waals surface area (Å²) in [5.41, 5.74) is 3.10. The van der Waals surface area contributed by atoms with Gasteiger partial charge in [-0.15, -0.1) is 0 Å². The molecule has 0 bridgehead atoms. The minimum Gasteiger partial charge on any atom is -0.244 e. The first kappa shape index (κ1) is 16.1. The molecule has 0 unspecified atom stereocenters. The van der Waals surface area contributed by atoms with Crippen LogP contribution in [0.15, 0.2) is 91.5 Å². The zero-order valence-corrected chi connectivity index (χ0v) is 14.8. The summed E-state index contributed by atoms with van der Waals surface area (Å²) in [6, 6.07) is 21.1. The van der Waals surface area contributed by atoms with Gasteiger partial charge in [-0.2, -0.15) is 10.2 Å². The molecular weight excluding hydrogens is 350 g/mol. The number of nitrogens with zero attached hydrogens (tertiary/aromatic N) is 7. The van der Waals surface area contributed by atoms with E-state index in [1.54, 1.807) is 21.8 Å². The molecular formula is C21H15N7. The molecule has 0 atom stereocenters. The molecule has 0 aliphatic carbocycles. The van der Waals surface area contributed by atoms with Crippen molar-refractivity contribution in [3.05, 3.63) is 91.5 Å². The third-order valence-corrected chi connectivity index (χ3v) is 4.22. The van der Waals surface area contributed by atoms with Crippen LogP contribution in [0.25, 0.3) is 34.4 Å². The van der Waals surface area contributed by atoms with Crippen molar-refractivity contribution in [1.29, 1.82) is 0 Å². The van der Waals surface area contributed by atoms with Gasteiger partial charge in [-0.3, -0.25) is 0 Å². The van der Waals surface area contributed by atoms with Gasteiger partial charge in [0, 0.05) is 24.8 Å². The summed E-state index contributed by atoms with van der Waals surface area (Å²) in [5.74, 6) is 1.53. The van der Waals surface area contributed by atoms with E-state index < -0.39 is 0 Å². The molecule has 0 fully saturated rings. The second kappa shape index (κ2) is 6.88. The summed E-state index contributed by atoms with van der Waals surface area (Å²) in [6.07, 6.45) is 7.24. The van der Waals surface area contributed by atoms with Crippen molar-refractivity contribution in [2.24, 2.45) is 0 Å². The summed E-state index contributed by atoms with van der Waals surface area (Å²) < 4.78 is 3.47.